The minimum Gasteiger partial charge on any atom is -0.389 e. The summed E-state index contributed by atoms with van der Waals surface area (Å²) in [5.41, 5.74) is -1.12. The third-order valence-corrected chi connectivity index (χ3v) is 5.22. The quantitative estimate of drug-likeness (QED) is 0.837. The highest BCUT2D eigenvalue weighted by atomic mass is 32.2. The molecule has 1 aliphatic rings. The predicted molar refractivity (Wildman–Crippen MR) is 74.2 cm³/mol. The number of hydrogen-bond donors (Lipinski definition) is 2. The van der Waals surface area contributed by atoms with Gasteiger partial charge in [-0.15, -0.1) is 0 Å². The Hall–Kier alpha value is -1.05. The highest BCUT2D eigenvalue weighted by Gasteiger charge is 2.30. The minimum absolute atomic E-state index is 0.189. The van der Waals surface area contributed by atoms with Crippen molar-refractivity contribution in [3.63, 3.8) is 0 Å². The first-order chi connectivity index (χ1) is 9.82. The average molecular weight is 319 g/mol. The smallest absolute Gasteiger partial charge is 0.243 e. The van der Waals surface area contributed by atoms with E-state index in [0.717, 1.165) is 37.8 Å². The van der Waals surface area contributed by atoms with Gasteiger partial charge in [-0.05, 0) is 31.0 Å². The van der Waals surface area contributed by atoms with E-state index in [1.54, 1.807) is 0 Å². The van der Waals surface area contributed by atoms with Crippen molar-refractivity contribution in [3.8, 4) is 0 Å². The molecule has 21 heavy (non-hydrogen) atoms. The number of sulfonamides is 1. The first-order valence-corrected chi connectivity index (χ1v) is 8.48. The van der Waals surface area contributed by atoms with Gasteiger partial charge in [0.05, 0.1) is 5.60 Å². The zero-order chi connectivity index (χ0) is 15.5. The number of rotatable bonds is 4. The topological polar surface area (TPSA) is 66.4 Å². The normalized spacial score (nSPS) is 19.2. The molecular weight excluding hydrogens is 300 g/mol. The molecule has 0 atom stereocenters. The van der Waals surface area contributed by atoms with Gasteiger partial charge in [0.2, 0.25) is 10.0 Å². The SMILES string of the molecule is O=S(=O)(NCC1(O)CCCCCC1)c1cc(F)ccc1F. The lowest BCUT2D eigenvalue weighted by Gasteiger charge is -2.26. The highest BCUT2D eigenvalue weighted by Crippen LogP contribution is 2.27. The summed E-state index contributed by atoms with van der Waals surface area (Å²) in [4.78, 5) is -0.736. The molecule has 0 unspecified atom stereocenters. The molecule has 1 aliphatic carbocycles. The first-order valence-electron chi connectivity index (χ1n) is 7.00. The molecule has 7 heteroatoms. The molecule has 0 saturated heterocycles. The molecule has 1 saturated carbocycles. The summed E-state index contributed by atoms with van der Waals surface area (Å²) in [6, 6.07) is 2.26. The molecule has 2 N–H and O–H groups in total. The van der Waals surface area contributed by atoms with Gasteiger partial charge < -0.3 is 5.11 Å². The zero-order valence-corrected chi connectivity index (χ0v) is 12.4. The van der Waals surface area contributed by atoms with E-state index in [4.69, 9.17) is 0 Å². The number of nitrogens with one attached hydrogen (secondary N) is 1. The van der Waals surface area contributed by atoms with E-state index in [2.05, 4.69) is 4.72 Å². The van der Waals surface area contributed by atoms with Gasteiger partial charge in [0, 0.05) is 6.54 Å². The maximum atomic E-state index is 13.5. The summed E-state index contributed by atoms with van der Waals surface area (Å²) in [5, 5.41) is 10.4. The fraction of sp³-hybridized carbons (Fsp3) is 0.571. The van der Waals surface area contributed by atoms with Crippen molar-refractivity contribution in [3.05, 3.63) is 29.8 Å². The molecule has 2 rings (SSSR count). The molecular formula is C14H19F2NO3S. The fourth-order valence-electron chi connectivity index (χ4n) is 2.55. The molecule has 0 heterocycles. The van der Waals surface area contributed by atoms with Crippen molar-refractivity contribution in [2.75, 3.05) is 6.54 Å². The van der Waals surface area contributed by atoms with Crippen molar-refractivity contribution >= 4 is 10.0 Å². The Labute approximate surface area is 123 Å². The van der Waals surface area contributed by atoms with Crippen LogP contribution in [-0.4, -0.2) is 25.7 Å². The van der Waals surface area contributed by atoms with Gasteiger partial charge >= 0.3 is 0 Å². The molecule has 1 aromatic rings. The summed E-state index contributed by atoms with van der Waals surface area (Å²) < 4.78 is 52.9. The molecule has 0 radical (unpaired) electrons. The molecule has 1 fully saturated rings. The maximum Gasteiger partial charge on any atom is 0.243 e. The van der Waals surface area contributed by atoms with E-state index in [1.807, 2.05) is 0 Å². The van der Waals surface area contributed by atoms with Crippen LogP contribution in [0.5, 0.6) is 0 Å². The lowest BCUT2D eigenvalue weighted by atomic mass is 9.95. The molecule has 0 aromatic heterocycles. The maximum absolute atomic E-state index is 13.5. The van der Waals surface area contributed by atoms with Crippen LogP contribution in [0.15, 0.2) is 23.1 Å². The Bertz CT molecular complexity index is 596. The van der Waals surface area contributed by atoms with Gasteiger partial charge in [0.1, 0.15) is 16.5 Å². The van der Waals surface area contributed by atoms with Gasteiger partial charge in [-0.3, -0.25) is 0 Å². The number of benzene rings is 1. The molecule has 0 amide bonds. The third-order valence-electron chi connectivity index (χ3n) is 3.81. The molecule has 1 aromatic carbocycles. The molecule has 0 spiro atoms. The van der Waals surface area contributed by atoms with Gasteiger partial charge in [-0.25, -0.2) is 21.9 Å². The Kier molecular flexibility index (Phi) is 4.95. The van der Waals surface area contributed by atoms with Crippen LogP contribution in [-0.2, 0) is 10.0 Å². The van der Waals surface area contributed by atoms with Gasteiger partial charge in [0.15, 0.2) is 0 Å². The second kappa shape index (κ2) is 6.37. The van der Waals surface area contributed by atoms with Crippen LogP contribution in [0, 0.1) is 11.6 Å². The van der Waals surface area contributed by atoms with Crippen LogP contribution in [0.25, 0.3) is 0 Å². The van der Waals surface area contributed by atoms with Crippen molar-refractivity contribution < 1.29 is 22.3 Å². The number of aliphatic hydroxyl groups is 1. The Morgan fingerprint density at radius 2 is 1.76 bits per heavy atom. The summed E-state index contributed by atoms with van der Waals surface area (Å²) in [6.07, 6.45) is 4.67. The standard InChI is InChI=1S/C14H19F2NO3S/c15-11-5-6-12(16)13(9-11)21(19,20)17-10-14(18)7-3-1-2-4-8-14/h5-6,9,17-18H,1-4,7-8,10H2. The van der Waals surface area contributed by atoms with Crippen LogP contribution in [0.4, 0.5) is 8.78 Å². The average Bonchev–Trinajstić information content (AvgIpc) is 2.65. The van der Waals surface area contributed by atoms with E-state index in [0.29, 0.717) is 18.9 Å². The van der Waals surface area contributed by atoms with E-state index >= 15 is 0 Å². The minimum atomic E-state index is -4.19. The van der Waals surface area contributed by atoms with Gasteiger partial charge in [0.25, 0.3) is 0 Å². The van der Waals surface area contributed by atoms with Crippen LogP contribution in [0.1, 0.15) is 38.5 Å². The lowest BCUT2D eigenvalue weighted by Crippen LogP contribution is -2.42. The second-order valence-electron chi connectivity index (χ2n) is 5.54. The van der Waals surface area contributed by atoms with Crippen molar-refractivity contribution in [2.45, 2.75) is 49.0 Å². The summed E-state index contributed by atoms with van der Waals surface area (Å²) in [7, 11) is -4.19. The Morgan fingerprint density at radius 1 is 1.14 bits per heavy atom. The molecule has 118 valence electrons. The monoisotopic (exact) mass is 319 g/mol. The molecule has 0 aliphatic heterocycles. The zero-order valence-electron chi connectivity index (χ0n) is 11.6. The molecule has 4 nitrogen and oxygen atoms in total. The van der Waals surface area contributed by atoms with Crippen LogP contribution < -0.4 is 4.72 Å². The highest BCUT2D eigenvalue weighted by molar-refractivity contribution is 7.89. The first kappa shape index (κ1) is 16.3. The van der Waals surface area contributed by atoms with Crippen molar-refractivity contribution in [2.24, 2.45) is 0 Å². The van der Waals surface area contributed by atoms with Crippen LogP contribution in [0.2, 0.25) is 0 Å². The fourth-order valence-corrected chi connectivity index (χ4v) is 3.76. The van der Waals surface area contributed by atoms with Crippen molar-refractivity contribution in [1.82, 2.24) is 4.72 Å². The Balaban J connectivity index is 2.12. The van der Waals surface area contributed by atoms with Gasteiger partial charge in [-0.2, -0.15) is 0 Å². The van der Waals surface area contributed by atoms with E-state index in [9.17, 15) is 22.3 Å². The van der Waals surface area contributed by atoms with Crippen LogP contribution >= 0.6 is 0 Å². The second-order valence-corrected chi connectivity index (χ2v) is 7.27. The van der Waals surface area contributed by atoms with Gasteiger partial charge in [-0.1, -0.05) is 25.7 Å². The van der Waals surface area contributed by atoms with Crippen molar-refractivity contribution in [1.29, 1.82) is 0 Å². The predicted octanol–water partition coefficient (Wildman–Crippen LogP) is 2.33. The Morgan fingerprint density at radius 3 is 2.38 bits per heavy atom. The van der Waals surface area contributed by atoms with E-state index in [-0.39, 0.29) is 6.54 Å². The number of halogens is 2. The van der Waals surface area contributed by atoms with E-state index in [1.165, 1.54) is 0 Å². The largest absolute Gasteiger partial charge is 0.389 e. The lowest BCUT2D eigenvalue weighted by molar-refractivity contribution is 0.0303. The third kappa shape index (κ3) is 4.21. The molecule has 0 bridgehead atoms. The number of hydrogen-bond acceptors (Lipinski definition) is 3. The summed E-state index contributed by atoms with van der Waals surface area (Å²) in [5.74, 6) is -1.85. The summed E-state index contributed by atoms with van der Waals surface area (Å²) in [6.45, 7) is -0.189. The van der Waals surface area contributed by atoms with Crippen LogP contribution in [0.3, 0.4) is 0 Å². The summed E-state index contributed by atoms with van der Waals surface area (Å²) >= 11 is 0. The van der Waals surface area contributed by atoms with E-state index < -0.39 is 32.2 Å².